The number of benzene rings is 1. The Kier molecular flexibility index (Phi) is 3.36. The number of hydrogen-bond donors (Lipinski definition) is 0. The summed E-state index contributed by atoms with van der Waals surface area (Å²) >= 11 is 0. The molecule has 1 aromatic rings. The van der Waals surface area contributed by atoms with Crippen molar-refractivity contribution in [2.24, 2.45) is 4.40 Å². The van der Waals surface area contributed by atoms with E-state index in [2.05, 4.69) is 31.7 Å². The van der Waals surface area contributed by atoms with Crippen LogP contribution in [0.25, 0.3) is 0 Å². The highest BCUT2D eigenvalue weighted by atomic mass is 32.2. The maximum Gasteiger partial charge on any atom is 0.289 e. The molecule has 0 aliphatic carbocycles. The molecule has 86 valence electrons. The molecule has 0 fully saturated rings. The fraction of sp³-hybridized carbons (Fsp3) is 0.333. The van der Waals surface area contributed by atoms with Gasteiger partial charge in [-0.1, -0.05) is 32.9 Å². The zero-order valence-electron chi connectivity index (χ0n) is 9.69. The maximum absolute atomic E-state index is 11.5. The fourth-order valence-corrected chi connectivity index (χ4v) is 2.02. The highest BCUT2D eigenvalue weighted by Gasteiger charge is 2.16. The molecule has 0 radical (unpaired) electrons. The molecular weight excluding hydrogens is 222 g/mol. The van der Waals surface area contributed by atoms with E-state index in [9.17, 15) is 8.42 Å². The van der Waals surface area contributed by atoms with Gasteiger partial charge in [-0.3, -0.25) is 0 Å². The van der Waals surface area contributed by atoms with Crippen molar-refractivity contribution in [2.75, 3.05) is 0 Å². The molecule has 0 unspecified atom stereocenters. The minimum atomic E-state index is -3.62. The van der Waals surface area contributed by atoms with Gasteiger partial charge in [0.05, 0.1) is 4.90 Å². The van der Waals surface area contributed by atoms with Gasteiger partial charge in [0.1, 0.15) is 0 Å². The Morgan fingerprint density at radius 1 is 1.19 bits per heavy atom. The maximum atomic E-state index is 11.5. The first-order valence-corrected chi connectivity index (χ1v) is 6.31. The van der Waals surface area contributed by atoms with Crippen molar-refractivity contribution in [3.05, 3.63) is 36.4 Å². The lowest BCUT2D eigenvalue weighted by Crippen LogP contribution is -2.11. The van der Waals surface area contributed by atoms with Gasteiger partial charge in [-0.25, -0.2) is 0 Å². The van der Waals surface area contributed by atoms with Crippen LogP contribution in [-0.4, -0.2) is 14.3 Å². The van der Waals surface area contributed by atoms with E-state index in [1.807, 2.05) is 5.87 Å². The monoisotopic (exact) mass is 237 g/mol. The Morgan fingerprint density at radius 3 is 2.06 bits per heavy atom. The van der Waals surface area contributed by atoms with Gasteiger partial charge in [-0.15, -0.1) is 4.40 Å². The fourth-order valence-electron chi connectivity index (χ4n) is 1.26. The molecule has 3 nitrogen and oxygen atoms in total. The topological polar surface area (TPSA) is 46.5 Å². The average Bonchev–Trinajstić information content (AvgIpc) is 2.16. The van der Waals surface area contributed by atoms with Crippen LogP contribution >= 0.6 is 0 Å². The SMILES string of the molecule is C=C=NS(=O)(=O)c1ccc(C(C)(C)C)cc1. The van der Waals surface area contributed by atoms with Crippen molar-refractivity contribution >= 4 is 15.9 Å². The van der Waals surface area contributed by atoms with Crippen molar-refractivity contribution in [3.63, 3.8) is 0 Å². The molecule has 0 heterocycles. The van der Waals surface area contributed by atoms with Crippen molar-refractivity contribution in [1.82, 2.24) is 0 Å². The van der Waals surface area contributed by atoms with Gasteiger partial charge in [-0.05, 0) is 35.6 Å². The molecule has 0 N–H and O–H groups in total. The normalized spacial score (nSPS) is 11.9. The van der Waals surface area contributed by atoms with Gasteiger partial charge in [0.15, 0.2) is 0 Å². The van der Waals surface area contributed by atoms with Crippen LogP contribution in [0.15, 0.2) is 40.1 Å². The molecule has 0 atom stereocenters. The second kappa shape index (κ2) is 4.24. The number of nitrogens with zero attached hydrogens (tertiary/aromatic N) is 1. The Hall–Kier alpha value is -1.38. The van der Waals surface area contributed by atoms with E-state index in [4.69, 9.17) is 0 Å². The third-order valence-corrected chi connectivity index (χ3v) is 3.44. The summed E-state index contributed by atoms with van der Waals surface area (Å²) in [5.41, 5.74) is 1.08. The molecule has 1 aromatic carbocycles. The lowest BCUT2D eigenvalue weighted by atomic mass is 9.87. The van der Waals surface area contributed by atoms with Crippen LogP contribution in [-0.2, 0) is 15.4 Å². The van der Waals surface area contributed by atoms with Crippen molar-refractivity contribution in [3.8, 4) is 0 Å². The molecule has 0 amide bonds. The van der Waals surface area contributed by atoms with Crippen molar-refractivity contribution < 1.29 is 8.42 Å². The highest BCUT2D eigenvalue weighted by Crippen LogP contribution is 2.23. The van der Waals surface area contributed by atoms with E-state index < -0.39 is 10.0 Å². The second-order valence-electron chi connectivity index (χ2n) is 4.50. The molecule has 4 heteroatoms. The smallest absolute Gasteiger partial charge is 0.199 e. The van der Waals surface area contributed by atoms with Crippen LogP contribution in [0.3, 0.4) is 0 Å². The zero-order valence-corrected chi connectivity index (χ0v) is 10.5. The summed E-state index contributed by atoms with van der Waals surface area (Å²) in [7, 11) is -3.62. The molecule has 0 aliphatic heterocycles. The molecule has 0 spiro atoms. The Bertz CT molecular complexity index is 515. The Labute approximate surface area is 96.6 Å². The summed E-state index contributed by atoms with van der Waals surface area (Å²) in [6.45, 7) is 9.36. The lowest BCUT2D eigenvalue weighted by Gasteiger charge is -2.18. The highest BCUT2D eigenvalue weighted by molar-refractivity contribution is 7.90. The number of hydrogen-bond acceptors (Lipinski definition) is 2. The first-order chi connectivity index (χ1) is 7.27. The van der Waals surface area contributed by atoms with Crippen LogP contribution in [0.2, 0.25) is 0 Å². The first kappa shape index (κ1) is 12.7. The van der Waals surface area contributed by atoms with E-state index in [-0.39, 0.29) is 10.3 Å². The summed E-state index contributed by atoms with van der Waals surface area (Å²) in [6, 6.07) is 6.70. The molecule has 0 saturated carbocycles. The van der Waals surface area contributed by atoms with Crippen LogP contribution in [0.4, 0.5) is 0 Å². The van der Waals surface area contributed by atoms with E-state index in [1.54, 1.807) is 24.3 Å². The summed E-state index contributed by atoms with van der Waals surface area (Å²) in [6.07, 6.45) is 0. The molecule has 0 aromatic heterocycles. The van der Waals surface area contributed by atoms with E-state index in [1.165, 1.54) is 0 Å². The lowest BCUT2D eigenvalue weighted by molar-refractivity contribution is 0.587. The molecule has 0 aliphatic rings. The Morgan fingerprint density at radius 2 is 1.69 bits per heavy atom. The molecule has 1 rings (SSSR count). The molecule has 16 heavy (non-hydrogen) atoms. The third kappa shape index (κ3) is 2.81. The predicted molar refractivity (Wildman–Crippen MR) is 65.4 cm³/mol. The quantitative estimate of drug-likeness (QED) is 0.742. The van der Waals surface area contributed by atoms with E-state index in [0.29, 0.717) is 0 Å². The number of rotatable bonds is 2. The van der Waals surface area contributed by atoms with E-state index in [0.717, 1.165) is 5.56 Å². The molecule has 0 saturated heterocycles. The van der Waals surface area contributed by atoms with Crippen LogP contribution < -0.4 is 0 Å². The largest absolute Gasteiger partial charge is 0.289 e. The van der Waals surface area contributed by atoms with Crippen molar-refractivity contribution in [2.45, 2.75) is 31.1 Å². The van der Waals surface area contributed by atoms with Crippen LogP contribution in [0.1, 0.15) is 26.3 Å². The molecule has 0 bridgehead atoms. The summed E-state index contributed by atoms with van der Waals surface area (Å²) in [5, 5.41) is 0. The zero-order chi connectivity index (χ0) is 12.4. The van der Waals surface area contributed by atoms with Crippen LogP contribution in [0.5, 0.6) is 0 Å². The van der Waals surface area contributed by atoms with Gasteiger partial charge in [0, 0.05) is 0 Å². The predicted octanol–water partition coefficient (Wildman–Crippen LogP) is 2.53. The van der Waals surface area contributed by atoms with Gasteiger partial charge < -0.3 is 0 Å². The third-order valence-electron chi connectivity index (χ3n) is 2.20. The summed E-state index contributed by atoms with van der Waals surface area (Å²) in [4.78, 5) is 0.164. The minimum Gasteiger partial charge on any atom is -0.199 e. The van der Waals surface area contributed by atoms with E-state index >= 15 is 0 Å². The average molecular weight is 237 g/mol. The summed E-state index contributed by atoms with van der Waals surface area (Å²) < 4.78 is 26.3. The van der Waals surface area contributed by atoms with Gasteiger partial charge in [0.2, 0.25) is 0 Å². The van der Waals surface area contributed by atoms with Gasteiger partial charge in [0.25, 0.3) is 10.0 Å². The van der Waals surface area contributed by atoms with Crippen LogP contribution in [0, 0.1) is 0 Å². The van der Waals surface area contributed by atoms with Gasteiger partial charge >= 0.3 is 0 Å². The Balaban J connectivity index is 3.19. The minimum absolute atomic E-state index is 0.00396. The summed E-state index contributed by atoms with van der Waals surface area (Å²) in [5.74, 6) is 2.04. The number of sulfonamides is 1. The standard InChI is InChI=1S/C12H15NO2S/c1-5-13-16(14,15)11-8-6-10(7-9-11)12(2,3)4/h6-9H,1H2,2-4H3. The van der Waals surface area contributed by atoms with Crippen molar-refractivity contribution in [1.29, 1.82) is 0 Å². The second-order valence-corrected chi connectivity index (χ2v) is 6.10. The molecular formula is C12H15NO2S. The van der Waals surface area contributed by atoms with Gasteiger partial charge in [-0.2, -0.15) is 8.42 Å². The first-order valence-electron chi connectivity index (χ1n) is 4.87.